The van der Waals surface area contributed by atoms with Gasteiger partial charge in [0.1, 0.15) is 0 Å². The number of aromatic nitrogens is 2. The van der Waals surface area contributed by atoms with E-state index in [4.69, 9.17) is 16.7 Å². The maximum Gasteiger partial charge on any atom is 0.308 e. The fourth-order valence-electron chi connectivity index (χ4n) is 2.26. The van der Waals surface area contributed by atoms with E-state index in [1.807, 2.05) is 13.8 Å². The van der Waals surface area contributed by atoms with Gasteiger partial charge in [-0.25, -0.2) is 0 Å². The number of carbonyl (C=O) groups is 2. The Morgan fingerprint density at radius 3 is 2.63 bits per heavy atom. The predicted octanol–water partition coefficient (Wildman–Crippen LogP) is 1.09. The van der Waals surface area contributed by atoms with Crippen LogP contribution in [0, 0.1) is 19.8 Å². The lowest BCUT2D eigenvalue weighted by molar-refractivity contribution is -0.141. The van der Waals surface area contributed by atoms with E-state index in [2.05, 4.69) is 5.10 Å². The Balaban J connectivity index is 1.98. The minimum Gasteiger partial charge on any atom is -0.481 e. The average Bonchev–Trinajstić information content (AvgIpc) is 2.83. The SMILES string of the molecule is Cc1nn(CCN2C[C@H](C(=O)O)CC2=O)c(C)c1Cl. The Kier molecular flexibility index (Phi) is 3.80. The molecule has 1 aromatic rings. The van der Waals surface area contributed by atoms with Gasteiger partial charge in [0.05, 0.1) is 28.9 Å². The van der Waals surface area contributed by atoms with Gasteiger partial charge in [-0.3, -0.25) is 14.3 Å². The summed E-state index contributed by atoms with van der Waals surface area (Å²) in [7, 11) is 0. The molecule has 0 unspecified atom stereocenters. The molecule has 0 aromatic carbocycles. The second kappa shape index (κ2) is 5.21. The average molecular weight is 286 g/mol. The van der Waals surface area contributed by atoms with Crippen molar-refractivity contribution in [3.63, 3.8) is 0 Å². The normalized spacial score (nSPS) is 19.2. The van der Waals surface area contributed by atoms with Crippen molar-refractivity contribution < 1.29 is 14.7 Å². The second-order valence-electron chi connectivity index (χ2n) is 4.79. The summed E-state index contributed by atoms with van der Waals surface area (Å²) >= 11 is 6.05. The van der Waals surface area contributed by atoms with Crippen LogP contribution in [0.4, 0.5) is 0 Å². The van der Waals surface area contributed by atoms with E-state index in [-0.39, 0.29) is 18.9 Å². The molecule has 0 saturated carbocycles. The number of carboxylic acid groups (broad SMARTS) is 1. The molecule has 2 rings (SSSR count). The zero-order valence-electron chi connectivity index (χ0n) is 10.9. The summed E-state index contributed by atoms with van der Waals surface area (Å²) in [6, 6.07) is 0. The van der Waals surface area contributed by atoms with Crippen LogP contribution in [0.3, 0.4) is 0 Å². The largest absolute Gasteiger partial charge is 0.481 e. The number of likely N-dealkylation sites (tertiary alicyclic amines) is 1. The molecule has 0 bridgehead atoms. The topological polar surface area (TPSA) is 75.4 Å². The summed E-state index contributed by atoms with van der Waals surface area (Å²) in [5.74, 6) is -1.61. The molecule has 1 saturated heterocycles. The second-order valence-corrected chi connectivity index (χ2v) is 5.16. The number of hydrogen-bond donors (Lipinski definition) is 1. The molecule has 19 heavy (non-hydrogen) atoms. The number of nitrogens with zero attached hydrogens (tertiary/aromatic N) is 3. The first-order valence-corrected chi connectivity index (χ1v) is 6.48. The van der Waals surface area contributed by atoms with E-state index in [1.54, 1.807) is 9.58 Å². The van der Waals surface area contributed by atoms with E-state index >= 15 is 0 Å². The smallest absolute Gasteiger partial charge is 0.308 e. The first-order valence-electron chi connectivity index (χ1n) is 6.10. The zero-order chi connectivity index (χ0) is 14.2. The van der Waals surface area contributed by atoms with E-state index in [9.17, 15) is 9.59 Å². The van der Waals surface area contributed by atoms with E-state index in [1.165, 1.54) is 0 Å². The minimum atomic E-state index is -0.912. The third-order valence-corrected chi connectivity index (χ3v) is 3.99. The maximum atomic E-state index is 11.7. The van der Waals surface area contributed by atoms with Crippen LogP contribution in [0.1, 0.15) is 17.8 Å². The number of halogens is 1. The molecule has 1 atom stereocenters. The number of carbonyl (C=O) groups excluding carboxylic acids is 1. The van der Waals surface area contributed by atoms with Crippen molar-refractivity contribution in [2.75, 3.05) is 13.1 Å². The van der Waals surface area contributed by atoms with Crippen LogP contribution in [0.5, 0.6) is 0 Å². The highest BCUT2D eigenvalue weighted by Crippen LogP contribution is 2.20. The molecule has 1 aliphatic rings. The van der Waals surface area contributed by atoms with Crippen molar-refractivity contribution in [2.24, 2.45) is 5.92 Å². The van der Waals surface area contributed by atoms with E-state index in [0.29, 0.717) is 18.1 Å². The molecule has 1 aromatic heterocycles. The van der Waals surface area contributed by atoms with Crippen LogP contribution in [0.2, 0.25) is 5.02 Å². The van der Waals surface area contributed by atoms with Gasteiger partial charge in [0.15, 0.2) is 0 Å². The third kappa shape index (κ3) is 2.73. The molecule has 2 heterocycles. The van der Waals surface area contributed by atoms with Crippen LogP contribution in [-0.2, 0) is 16.1 Å². The maximum absolute atomic E-state index is 11.7. The number of amides is 1. The number of aryl methyl sites for hydroxylation is 1. The minimum absolute atomic E-state index is 0.0905. The van der Waals surface area contributed by atoms with Crippen LogP contribution in [-0.4, -0.2) is 44.8 Å². The van der Waals surface area contributed by atoms with Gasteiger partial charge in [0.25, 0.3) is 0 Å². The molecule has 1 fully saturated rings. The van der Waals surface area contributed by atoms with Gasteiger partial charge in [0.2, 0.25) is 5.91 Å². The Morgan fingerprint density at radius 2 is 2.16 bits per heavy atom. The molecule has 6 nitrogen and oxygen atoms in total. The van der Waals surface area contributed by atoms with Crippen molar-refractivity contribution >= 4 is 23.5 Å². The predicted molar refractivity (Wildman–Crippen MR) is 69.0 cm³/mol. The summed E-state index contributed by atoms with van der Waals surface area (Å²) in [6.45, 7) is 4.96. The van der Waals surface area contributed by atoms with Gasteiger partial charge in [-0.15, -0.1) is 0 Å². The molecule has 1 aliphatic heterocycles. The molecule has 0 radical (unpaired) electrons. The van der Waals surface area contributed by atoms with Crippen molar-refractivity contribution in [2.45, 2.75) is 26.8 Å². The first kappa shape index (κ1) is 13.9. The molecular weight excluding hydrogens is 270 g/mol. The Bertz CT molecular complexity index is 527. The standard InChI is InChI=1S/C12H16ClN3O3/c1-7-11(13)8(2)16(14-7)4-3-15-6-9(12(18)19)5-10(15)17/h9H,3-6H2,1-2H3,(H,18,19)/t9-/m1/s1. The Morgan fingerprint density at radius 1 is 1.47 bits per heavy atom. The van der Waals surface area contributed by atoms with Crippen LogP contribution >= 0.6 is 11.6 Å². The summed E-state index contributed by atoms with van der Waals surface area (Å²) in [5.41, 5.74) is 1.62. The molecule has 1 amide bonds. The quantitative estimate of drug-likeness (QED) is 0.898. The van der Waals surface area contributed by atoms with Crippen molar-refractivity contribution in [1.29, 1.82) is 0 Å². The summed E-state index contributed by atoms with van der Waals surface area (Å²) in [4.78, 5) is 24.1. The highest BCUT2D eigenvalue weighted by atomic mass is 35.5. The number of rotatable bonds is 4. The van der Waals surface area contributed by atoms with E-state index in [0.717, 1.165) is 11.4 Å². The summed E-state index contributed by atoms with van der Waals surface area (Å²) < 4.78 is 1.75. The Hall–Kier alpha value is -1.56. The van der Waals surface area contributed by atoms with Crippen molar-refractivity contribution in [1.82, 2.24) is 14.7 Å². The van der Waals surface area contributed by atoms with Gasteiger partial charge in [-0.2, -0.15) is 5.10 Å². The molecule has 1 N–H and O–H groups in total. The highest BCUT2D eigenvalue weighted by molar-refractivity contribution is 6.31. The number of hydrogen-bond acceptors (Lipinski definition) is 3. The molecular formula is C12H16ClN3O3. The van der Waals surface area contributed by atoms with Gasteiger partial charge >= 0.3 is 5.97 Å². The lowest BCUT2D eigenvalue weighted by Gasteiger charge is -2.16. The van der Waals surface area contributed by atoms with Gasteiger partial charge < -0.3 is 10.0 Å². The van der Waals surface area contributed by atoms with Crippen molar-refractivity contribution in [3.8, 4) is 0 Å². The van der Waals surface area contributed by atoms with Crippen LogP contribution in [0.15, 0.2) is 0 Å². The fraction of sp³-hybridized carbons (Fsp3) is 0.583. The highest BCUT2D eigenvalue weighted by Gasteiger charge is 2.33. The fourth-order valence-corrected chi connectivity index (χ4v) is 2.40. The zero-order valence-corrected chi connectivity index (χ0v) is 11.6. The monoisotopic (exact) mass is 285 g/mol. The van der Waals surface area contributed by atoms with Gasteiger partial charge in [-0.05, 0) is 13.8 Å². The van der Waals surface area contributed by atoms with Crippen LogP contribution < -0.4 is 0 Å². The third-order valence-electron chi connectivity index (χ3n) is 3.44. The Labute approximate surface area is 115 Å². The van der Waals surface area contributed by atoms with E-state index < -0.39 is 11.9 Å². The molecule has 7 heteroatoms. The number of carboxylic acids is 1. The summed E-state index contributed by atoms with van der Waals surface area (Å²) in [5, 5.41) is 13.8. The van der Waals surface area contributed by atoms with Gasteiger partial charge in [-0.1, -0.05) is 11.6 Å². The van der Waals surface area contributed by atoms with Crippen molar-refractivity contribution in [3.05, 3.63) is 16.4 Å². The molecule has 0 spiro atoms. The molecule has 0 aliphatic carbocycles. The lowest BCUT2D eigenvalue weighted by atomic mass is 10.1. The van der Waals surface area contributed by atoms with Gasteiger partial charge in [0, 0.05) is 19.5 Å². The molecule has 104 valence electrons. The summed E-state index contributed by atoms with van der Waals surface area (Å²) in [6.07, 6.45) is 0.0905. The number of aliphatic carboxylic acids is 1. The van der Waals surface area contributed by atoms with Crippen LogP contribution in [0.25, 0.3) is 0 Å². The lowest BCUT2D eigenvalue weighted by Crippen LogP contribution is -2.30. The first-order chi connectivity index (χ1) is 8.90.